The summed E-state index contributed by atoms with van der Waals surface area (Å²) in [6.45, 7) is 0. The van der Waals surface area contributed by atoms with Crippen LogP contribution in [0.25, 0.3) is 0 Å². The minimum Gasteiger partial charge on any atom is -0.298 e. The molecule has 1 spiro atoms. The van der Waals surface area contributed by atoms with E-state index in [0.29, 0.717) is 23.5 Å². The molecule has 4 saturated carbocycles. The number of rotatable bonds is 4. The van der Waals surface area contributed by atoms with Gasteiger partial charge in [-0.25, -0.2) is 0 Å². The van der Waals surface area contributed by atoms with Gasteiger partial charge >= 0.3 is 0 Å². The number of Topliss-reactive ketones (excluding diaryl/α,β-unsaturated/α-hetero) is 3. The van der Waals surface area contributed by atoms with Crippen molar-refractivity contribution in [3.63, 3.8) is 0 Å². The number of carbonyl (C=O) groups excluding carboxylic acids is 3. The second kappa shape index (κ2) is 5.53. The van der Waals surface area contributed by atoms with E-state index in [4.69, 9.17) is 0 Å². The van der Waals surface area contributed by atoms with Crippen LogP contribution in [-0.2, 0) is 4.79 Å². The number of fused-ring (bicyclic) bond motifs is 1. The number of hydrogen-bond acceptors (Lipinski definition) is 3. The Morgan fingerprint density at radius 1 is 0.828 bits per heavy atom. The standard InChI is InChI=1S/C26H24O3/c27-21-16-24-14-8-7-13-19(24)15-20-25(21,22(28)17-9-3-1-4-10-17)26(20,24)23(29)18-11-5-2-6-12-18/h1-6,9-12,19-20H,7-8,13-16H2. The predicted molar refractivity (Wildman–Crippen MR) is 109 cm³/mol. The van der Waals surface area contributed by atoms with Crippen molar-refractivity contribution in [2.45, 2.75) is 38.5 Å². The Morgan fingerprint density at radius 3 is 2.10 bits per heavy atom. The maximum Gasteiger partial charge on any atom is 0.177 e. The molecular weight excluding hydrogens is 360 g/mol. The highest BCUT2D eigenvalue weighted by Gasteiger charge is 2.98. The quantitative estimate of drug-likeness (QED) is 0.556. The summed E-state index contributed by atoms with van der Waals surface area (Å²) in [6, 6.07) is 18.5. The monoisotopic (exact) mass is 384 g/mol. The van der Waals surface area contributed by atoms with Gasteiger partial charge in [-0.1, -0.05) is 73.5 Å². The maximum absolute atomic E-state index is 14.1. The van der Waals surface area contributed by atoms with Crippen molar-refractivity contribution < 1.29 is 14.4 Å². The lowest BCUT2D eigenvalue weighted by atomic mass is 9.58. The third kappa shape index (κ3) is 1.71. The van der Waals surface area contributed by atoms with Crippen molar-refractivity contribution in [1.29, 1.82) is 0 Å². The fraction of sp³-hybridized carbons (Fsp3) is 0.423. The molecule has 29 heavy (non-hydrogen) atoms. The summed E-state index contributed by atoms with van der Waals surface area (Å²) in [5, 5.41) is 0. The molecule has 2 aromatic carbocycles. The second-order valence-corrected chi connectivity index (χ2v) is 9.49. The molecule has 2 aromatic rings. The third-order valence-corrected chi connectivity index (χ3v) is 8.80. The van der Waals surface area contributed by atoms with Gasteiger partial charge in [0.25, 0.3) is 0 Å². The van der Waals surface area contributed by atoms with E-state index >= 15 is 0 Å². The Balaban J connectivity index is 1.57. The topological polar surface area (TPSA) is 51.2 Å². The number of carbonyl (C=O) groups is 3. The molecule has 0 heterocycles. The zero-order valence-corrected chi connectivity index (χ0v) is 16.4. The normalized spacial score (nSPS) is 39.0. The smallest absolute Gasteiger partial charge is 0.177 e. The van der Waals surface area contributed by atoms with Crippen LogP contribution >= 0.6 is 0 Å². The second-order valence-electron chi connectivity index (χ2n) is 9.49. The molecule has 4 aliphatic carbocycles. The zero-order valence-electron chi connectivity index (χ0n) is 16.4. The summed E-state index contributed by atoms with van der Waals surface area (Å²) in [5.74, 6) is 0.239. The Hall–Kier alpha value is -2.55. The molecule has 3 nitrogen and oxygen atoms in total. The third-order valence-electron chi connectivity index (χ3n) is 8.80. The molecule has 0 bridgehead atoms. The molecule has 6 rings (SSSR count). The average molecular weight is 384 g/mol. The summed E-state index contributed by atoms with van der Waals surface area (Å²) in [7, 11) is 0. The van der Waals surface area contributed by atoms with Crippen LogP contribution in [0.4, 0.5) is 0 Å². The van der Waals surface area contributed by atoms with E-state index in [1.165, 1.54) is 6.42 Å². The van der Waals surface area contributed by atoms with Gasteiger partial charge in [-0.15, -0.1) is 0 Å². The van der Waals surface area contributed by atoms with Crippen molar-refractivity contribution in [3.05, 3.63) is 71.8 Å². The molecule has 0 saturated heterocycles. The molecule has 4 aliphatic rings. The molecule has 0 N–H and O–H groups in total. The van der Waals surface area contributed by atoms with Crippen LogP contribution in [0, 0.1) is 28.1 Å². The highest BCUT2D eigenvalue weighted by Crippen LogP contribution is 2.92. The lowest BCUT2D eigenvalue weighted by molar-refractivity contribution is -0.122. The van der Waals surface area contributed by atoms with E-state index in [9.17, 15) is 14.4 Å². The predicted octanol–water partition coefficient (Wildman–Crippen LogP) is 4.91. The van der Waals surface area contributed by atoms with Crippen LogP contribution in [0.2, 0.25) is 0 Å². The van der Waals surface area contributed by atoms with Crippen LogP contribution in [0.1, 0.15) is 59.2 Å². The van der Waals surface area contributed by atoms with Crippen molar-refractivity contribution in [2.24, 2.45) is 28.1 Å². The molecule has 0 aliphatic heterocycles. The Bertz CT molecular complexity index is 1040. The van der Waals surface area contributed by atoms with Crippen LogP contribution in [0.3, 0.4) is 0 Å². The van der Waals surface area contributed by atoms with E-state index in [0.717, 1.165) is 25.7 Å². The lowest BCUT2D eigenvalue weighted by Crippen LogP contribution is -2.43. The lowest BCUT2D eigenvalue weighted by Gasteiger charge is -2.43. The summed E-state index contributed by atoms with van der Waals surface area (Å²) in [5.41, 5.74) is -1.05. The van der Waals surface area contributed by atoms with Gasteiger partial charge in [0, 0.05) is 17.5 Å². The first-order valence-corrected chi connectivity index (χ1v) is 10.8. The van der Waals surface area contributed by atoms with E-state index < -0.39 is 10.8 Å². The SMILES string of the molecule is O=C1CC23CCCCC2CC2C1(C(=O)c1ccccc1)C23C(=O)c1ccccc1. The molecule has 0 aromatic heterocycles. The largest absolute Gasteiger partial charge is 0.298 e. The fourth-order valence-electron chi connectivity index (χ4n) is 7.98. The van der Waals surface area contributed by atoms with Gasteiger partial charge in [-0.2, -0.15) is 0 Å². The molecule has 0 radical (unpaired) electrons. The Kier molecular flexibility index (Phi) is 3.30. The summed E-state index contributed by atoms with van der Waals surface area (Å²) < 4.78 is 0. The van der Waals surface area contributed by atoms with Gasteiger partial charge < -0.3 is 0 Å². The van der Waals surface area contributed by atoms with E-state index in [1.54, 1.807) is 12.1 Å². The number of benzene rings is 2. The Morgan fingerprint density at radius 2 is 1.45 bits per heavy atom. The first kappa shape index (κ1) is 17.3. The first-order valence-electron chi connectivity index (χ1n) is 10.8. The molecular formula is C26H24O3. The average Bonchev–Trinajstić information content (AvgIpc) is 3.23. The first-order chi connectivity index (χ1) is 14.1. The van der Waals surface area contributed by atoms with Crippen LogP contribution in [-0.4, -0.2) is 17.3 Å². The maximum atomic E-state index is 14.1. The van der Waals surface area contributed by atoms with E-state index in [1.807, 2.05) is 48.5 Å². The van der Waals surface area contributed by atoms with E-state index in [-0.39, 0.29) is 28.7 Å². The zero-order chi connectivity index (χ0) is 19.9. The van der Waals surface area contributed by atoms with Crippen LogP contribution in [0.5, 0.6) is 0 Å². The molecule has 5 atom stereocenters. The molecule has 146 valence electrons. The van der Waals surface area contributed by atoms with Crippen LogP contribution < -0.4 is 0 Å². The number of hydrogen-bond donors (Lipinski definition) is 0. The van der Waals surface area contributed by atoms with Gasteiger partial charge in [-0.3, -0.25) is 14.4 Å². The van der Waals surface area contributed by atoms with Crippen molar-refractivity contribution in [3.8, 4) is 0 Å². The molecule has 4 fully saturated rings. The molecule has 5 unspecified atom stereocenters. The van der Waals surface area contributed by atoms with Gasteiger partial charge in [0.15, 0.2) is 11.6 Å². The van der Waals surface area contributed by atoms with Gasteiger partial charge in [0.1, 0.15) is 11.2 Å². The van der Waals surface area contributed by atoms with Gasteiger partial charge in [0.05, 0.1) is 5.41 Å². The Labute approximate surface area is 170 Å². The summed E-state index contributed by atoms with van der Waals surface area (Å²) in [6.07, 6.45) is 5.47. The highest BCUT2D eigenvalue weighted by atomic mass is 16.2. The summed E-state index contributed by atoms with van der Waals surface area (Å²) in [4.78, 5) is 41.6. The fourth-order valence-corrected chi connectivity index (χ4v) is 7.98. The molecule has 3 heteroatoms. The molecule has 0 amide bonds. The minimum absolute atomic E-state index is 0.0324. The van der Waals surface area contributed by atoms with Gasteiger partial charge in [0.2, 0.25) is 0 Å². The van der Waals surface area contributed by atoms with Gasteiger partial charge in [-0.05, 0) is 36.5 Å². The summed E-state index contributed by atoms with van der Waals surface area (Å²) >= 11 is 0. The highest BCUT2D eigenvalue weighted by molar-refractivity contribution is 6.28. The number of ketones is 3. The van der Waals surface area contributed by atoms with Crippen molar-refractivity contribution in [2.75, 3.05) is 0 Å². The minimum atomic E-state index is -1.13. The van der Waals surface area contributed by atoms with Crippen molar-refractivity contribution in [1.82, 2.24) is 0 Å². The van der Waals surface area contributed by atoms with Crippen LogP contribution in [0.15, 0.2) is 60.7 Å². The van der Waals surface area contributed by atoms with Crippen molar-refractivity contribution >= 4 is 17.3 Å². The van der Waals surface area contributed by atoms with E-state index in [2.05, 4.69) is 0 Å².